The van der Waals surface area contributed by atoms with Crippen molar-refractivity contribution in [3.8, 4) is 0 Å². The van der Waals surface area contributed by atoms with Gasteiger partial charge in [-0.05, 0) is 18.6 Å². The van der Waals surface area contributed by atoms with Crippen molar-refractivity contribution in [3.63, 3.8) is 0 Å². The van der Waals surface area contributed by atoms with Gasteiger partial charge in [-0.15, -0.1) is 11.6 Å². The van der Waals surface area contributed by atoms with E-state index in [-0.39, 0.29) is 15.7 Å². The number of nitrogens with zero attached hydrogens (tertiary/aromatic N) is 2. The first-order valence-corrected chi connectivity index (χ1v) is 9.10. The van der Waals surface area contributed by atoms with Crippen molar-refractivity contribution in [1.29, 1.82) is 0 Å². The number of carbonyl (C=O) groups excluding carboxylic acids is 1. The number of rotatable bonds is 7. The number of sulfone groups is 1. The Labute approximate surface area is 138 Å². The van der Waals surface area contributed by atoms with Gasteiger partial charge >= 0.3 is 0 Å². The SMILES string of the molecule is O=C(CS(=O)(=O)c1ccccc1)c1ncn(CCCCl)c1Cl. The number of carbonyl (C=O) groups is 1. The number of halogens is 2. The van der Waals surface area contributed by atoms with Crippen molar-refractivity contribution < 1.29 is 13.2 Å². The molecule has 0 aliphatic rings. The van der Waals surface area contributed by atoms with E-state index in [1.54, 1.807) is 22.8 Å². The van der Waals surface area contributed by atoms with Gasteiger partial charge in [-0.1, -0.05) is 29.8 Å². The first kappa shape index (κ1) is 17.0. The Morgan fingerprint density at radius 3 is 2.55 bits per heavy atom. The van der Waals surface area contributed by atoms with Gasteiger partial charge in [-0.2, -0.15) is 0 Å². The van der Waals surface area contributed by atoms with E-state index < -0.39 is 21.4 Å². The Kier molecular flexibility index (Phi) is 5.61. The Morgan fingerprint density at radius 2 is 1.91 bits per heavy atom. The summed E-state index contributed by atoms with van der Waals surface area (Å²) in [5.74, 6) is -0.831. The van der Waals surface area contributed by atoms with Crippen LogP contribution in [0, 0.1) is 0 Å². The van der Waals surface area contributed by atoms with Crippen molar-refractivity contribution in [3.05, 3.63) is 47.5 Å². The number of aromatic nitrogens is 2. The van der Waals surface area contributed by atoms with Gasteiger partial charge in [0.25, 0.3) is 0 Å². The molecule has 0 unspecified atom stereocenters. The van der Waals surface area contributed by atoms with Gasteiger partial charge < -0.3 is 4.57 Å². The van der Waals surface area contributed by atoms with Crippen LogP contribution in [-0.2, 0) is 16.4 Å². The molecule has 22 heavy (non-hydrogen) atoms. The molecule has 0 amide bonds. The molecule has 0 saturated heterocycles. The van der Waals surface area contributed by atoms with E-state index in [0.29, 0.717) is 18.8 Å². The number of aryl methyl sites for hydroxylation is 1. The quantitative estimate of drug-likeness (QED) is 0.562. The molecule has 0 bridgehead atoms. The van der Waals surface area contributed by atoms with Crippen LogP contribution >= 0.6 is 23.2 Å². The Hall–Kier alpha value is -1.37. The van der Waals surface area contributed by atoms with Crippen molar-refractivity contribution in [2.24, 2.45) is 0 Å². The zero-order chi connectivity index (χ0) is 16.2. The Balaban J connectivity index is 2.18. The molecule has 0 aliphatic heterocycles. The molecular weight excluding hydrogens is 347 g/mol. The van der Waals surface area contributed by atoms with Crippen molar-refractivity contribution >= 4 is 38.8 Å². The molecule has 8 heteroatoms. The molecule has 0 radical (unpaired) electrons. The predicted octanol–water partition coefficient (Wildman–Crippen LogP) is 2.82. The second kappa shape index (κ2) is 7.26. The number of benzene rings is 1. The highest BCUT2D eigenvalue weighted by Gasteiger charge is 2.24. The minimum Gasteiger partial charge on any atom is -0.321 e. The molecule has 0 fully saturated rings. The van der Waals surface area contributed by atoms with E-state index in [0.717, 1.165) is 0 Å². The second-order valence-electron chi connectivity index (χ2n) is 4.62. The van der Waals surface area contributed by atoms with E-state index in [9.17, 15) is 13.2 Å². The minimum atomic E-state index is -3.71. The summed E-state index contributed by atoms with van der Waals surface area (Å²) in [5, 5.41) is 0.137. The van der Waals surface area contributed by atoms with Crippen LogP contribution in [0.25, 0.3) is 0 Å². The summed E-state index contributed by atoms with van der Waals surface area (Å²) in [4.78, 5) is 16.2. The maximum Gasteiger partial charge on any atom is 0.199 e. The topological polar surface area (TPSA) is 69.0 Å². The maximum atomic E-state index is 12.2. The van der Waals surface area contributed by atoms with E-state index >= 15 is 0 Å². The highest BCUT2D eigenvalue weighted by Crippen LogP contribution is 2.18. The second-order valence-corrected chi connectivity index (χ2v) is 7.34. The molecule has 0 saturated carbocycles. The van der Waals surface area contributed by atoms with Crippen LogP contribution in [0.3, 0.4) is 0 Å². The molecule has 0 spiro atoms. The van der Waals surface area contributed by atoms with Crippen molar-refractivity contribution in [2.75, 3.05) is 11.6 Å². The smallest absolute Gasteiger partial charge is 0.199 e. The summed E-state index contributed by atoms with van der Waals surface area (Å²) in [6.45, 7) is 0.522. The number of alkyl halides is 1. The standard InChI is InChI=1S/C14H14Cl2N2O3S/c15-7-4-8-18-10-17-13(14(18)16)12(19)9-22(20,21)11-5-2-1-3-6-11/h1-3,5-6,10H,4,7-9H2. The first-order valence-electron chi connectivity index (χ1n) is 6.53. The Morgan fingerprint density at radius 1 is 1.23 bits per heavy atom. The highest BCUT2D eigenvalue weighted by molar-refractivity contribution is 7.92. The molecule has 0 N–H and O–H groups in total. The maximum absolute atomic E-state index is 12.2. The average Bonchev–Trinajstić information content (AvgIpc) is 2.86. The summed E-state index contributed by atoms with van der Waals surface area (Å²) in [5.41, 5.74) is -0.0317. The summed E-state index contributed by atoms with van der Waals surface area (Å²) in [6, 6.07) is 7.80. The van der Waals surface area contributed by atoms with Crippen LogP contribution in [0.4, 0.5) is 0 Å². The van der Waals surface area contributed by atoms with Crippen LogP contribution in [0.2, 0.25) is 5.15 Å². The van der Waals surface area contributed by atoms with Gasteiger partial charge in [0.1, 0.15) is 16.6 Å². The number of hydrogen-bond donors (Lipinski definition) is 0. The minimum absolute atomic E-state index is 0.0317. The third-order valence-electron chi connectivity index (χ3n) is 2.99. The summed E-state index contributed by atoms with van der Waals surface area (Å²) >= 11 is 11.7. The summed E-state index contributed by atoms with van der Waals surface area (Å²) < 4.78 is 26.0. The van der Waals surface area contributed by atoms with Crippen LogP contribution < -0.4 is 0 Å². The first-order chi connectivity index (χ1) is 10.5. The largest absolute Gasteiger partial charge is 0.321 e. The van der Waals surface area contributed by atoms with E-state index in [2.05, 4.69) is 4.98 Å². The van der Waals surface area contributed by atoms with Gasteiger partial charge in [0.15, 0.2) is 15.6 Å². The van der Waals surface area contributed by atoms with Gasteiger partial charge in [0.05, 0.1) is 11.2 Å². The average molecular weight is 361 g/mol. The van der Waals surface area contributed by atoms with Crippen molar-refractivity contribution in [2.45, 2.75) is 17.9 Å². The van der Waals surface area contributed by atoms with Gasteiger partial charge in [-0.25, -0.2) is 13.4 Å². The van der Waals surface area contributed by atoms with Gasteiger partial charge in [0, 0.05) is 12.4 Å². The lowest BCUT2D eigenvalue weighted by molar-refractivity contribution is 0.101. The molecule has 0 aliphatic carbocycles. The normalized spacial score (nSPS) is 11.5. The molecule has 2 aromatic rings. The lowest BCUT2D eigenvalue weighted by atomic mass is 10.3. The van der Waals surface area contributed by atoms with E-state index in [1.807, 2.05) is 0 Å². The van der Waals surface area contributed by atoms with Crippen molar-refractivity contribution in [1.82, 2.24) is 9.55 Å². The molecule has 1 aromatic carbocycles. The third-order valence-corrected chi connectivity index (χ3v) is 5.29. The molecular formula is C14H14Cl2N2O3S. The molecule has 2 rings (SSSR count). The lowest BCUT2D eigenvalue weighted by Crippen LogP contribution is -2.17. The third kappa shape index (κ3) is 3.88. The van der Waals surface area contributed by atoms with E-state index in [1.165, 1.54) is 18.5 Å². The van der Waals surface area contributed by atoms with Crippen LogP contribution in [0.1, 0.15) is 16.9 Å². The number of Topliss-reactive ketones (excluding diaryl/α,β-unsaturated/α-hetero) is 1. The number of imidazole rings is 1. The number of ketones is 1. The molecule has 1 aromatic heterocycles. The van der Waals surface area contributed by atoms with Gasteiger partial charge in [0.2, 0.25) is 0 Å². The molecule has 5 nitrogen and oxygen atoms in total. The van der Waals surface area contributed by atoms with Crippen LogP contribution in [-0.4, -0.2) is 35.4 Å². The Bertz CT molecular complexity index is 758. The monoisotopic (exact) mass is 360 g/mol. The van der Waals surface area contributed by atoms with Crippen LogP contribution in [0.5, 0.6) is 0 Å². The fourth-order valence-corrected chi connectivity index (χ4v) is 3.51. The van der Waals surface area contributed by atoms with E-state index in [4.69, 9.17) is 23.2 Å². The predicted molar refractivity (Wildman–Crippen MR) is 85.4 cm³/mol. The zero-order valence-electron chi connectivity index (χ0n) is 11.6. The zero-order valence-corrected chi connectivity index (χ0v) is 13.9. The summed E-state index contributed by atoms with van der Waals surface area (Å²) in [7, 11) is -3.71. The fourth-order valence-electron chi connectivity index (χ4n) is 1.89. The fraction of sp³-hybridized carbons (Fsp3) is 0.286. The molecule has 1 heterocycles. The molecule has 118 valence electrons. The van der Waals surface area contributed by atoms with Crippen LogP contribution in [0.15, 0.2) is 41.6 Å². The summed E-state index contributed by atoms with van der Waals surface area (Å²) in [6.07, 6.45) is 2.09. The number of hydrogen-bond acceptors (Lipinski definition) is 4. The van der Waals surface area contributed by atoms with Gasteiger partial charge in [-0.3, -0.25) is 4.79 Å². The molecule has 0 atom stereocenters. The lowest BCUT2D eigenvalue weighted by Gasteiger charge is -2.04. The highest BCUT2D eigenvalue weighted by atomic mass is 35.5.